The summed E-state index contributed by atoms with van der Waals surface area (Å²) in [4.78, 5) is 14.4. The highest BCUT2D eigenvalue weighted by Crippen LogP contribution is 2.23. The fourth-order valence-corrected chi connectivity index (χ4v) is 4.62. The largest absolute Gasteiger partial charge is 0.497 e. The Labute approximate surface area is 171 Å². The molecule has 1 fully saturated rings. The molecule has 1 atom stereocenters. The second-order valence-corrected chi connectivity index (χ2v) is 8.79. The van der Waals surface area contributed by atoms with E-state index in [1.807, 2.05) is 0 Å². The van der Waals surface area contributed by atoms with Crippen molar-refractivity contribution in [2.75, 3.05) is 32.0 Å². The van der Waals surface area contributed by atoms with Gasteiger partial charge in [-0.25, -0.2) is 8.42 Å². The molecule has 2 aromatic carbocycles. The van der Waals surface area contributed by atoms with Crippen LogP contribution in [0.25, 0.3) is 0 Å². The number of benzene rings is 2. The molecular weight excluding hydrogens is 392 g/mol. The fourth-order valence-electron chi connectivity index (χ4n) is 3.29. The summed E-state index contributed by atoms with van der Waals surface area (Å²) in [5.74, 6) is 0.396. The molecule has 7 nitrogen and oxygen atoms in total. The van der Waals surface area contributed by atoms with Gasteiger partial charge in [0.1, 0.15) is 5.75 Å². The van der Waals surface area contributed by atoms with Crippen LogP contribution in [0.15, 0.2) is 47.4 Å². The zero-order valence-electron chi connectivity index (χ0n) is 16.8. The van der Waals surface area contributed by atoms with Crippen LogP contribution in [0.4, 0.5) is 5.69 Å². The summed E-state index contributed by atoms with van der Waals surface area (Å²) in [6, 6.07) is 11.3. The summed E-state index contributed by atoms with van der Waals surface area (Å²) in [5, 5.41) is 0. The van der Waals surface area contributed by atoms with Crippen LogP contribution in [0.1, 0.15) is 28.8 Å². The van der Waals surface area contributed by atoms with Gasteiger partial charge in [0.25, 0.3) is 15.9 Å². The molecule has 0 aliphatic carbocycles. The molecule has 1 amide bonds. The van der Waals surface area contributed by atoms with Crippen molar-refractivity contribution in [1.82, 2.24) is 4.90 Å². The summed E-state index contributed by atoms with van der Waals surface area (Å²) < 4.78 is 39.0. The van der Waals surface area contributed by atoms with Crippen molar-refractivity contribution < 1.29 is 22.7 Å². The number of anilines is 1. The third kappa shape index (κ3) is 5.07. The van der Waals surface area contributed by atoms with E-state index in [0.29, 0.717) is 29.1 Å². The van der Waals surface area contributed by atoms with E-state index >= 15 is 0 Å². The maximum Gasteiger partial charge on any atom is 0.262 e. The molecular formula is C21H26N2O5S. The minimum atomic E-state index is -3.85. The maximum atomic E-state index is 12.9. The molecule has 0 aromatic heterocycles. The highest BCUT2D eigenvalue weighted by molar-refractivity contribution is 7.92. The molecule has 156 valence electrons. The molecule has 3 rings (SSSR count). The van der Waals surface area contributed by atoms with Crippen LogP contribution in [0.5, 0.6) is 5.75 Å². The van der Waals surface area contributed by atoms with Crippen LogP contribution in [0, 0.1) is 6.92 Å². The number of hydrogen-bond acceptors (Lipinski definition) is 5. The first-order valence-corrected chi connectivity index (χ1v) is 10.9. The topological polar surface area (TPSA) is 84.9 Å². The molecule has 1 N–H and O–H groups in total. The molecule has 0 spiro atoms. The van der Waals surface area contributed by atoms with E-state index in [4.69, 9.17) is 9.47 Å². The Hall–Kier alpha value is -2.58. The standard InChI is InChI=1S/C21H26N2O5S/c1-15-6-7-16(21(24)23(2)14-19-5-4-12-28-19)13-20(15)29(25,26)22-17-8-10-18(27-3)11-9-17/h6-11,13,19,22H,4-5,12,14H2,1-3H3. The quantitative estimate of drug-likeness (QED) is 0.747. The predicted octanol–water partition coefficient (Wildman–Crippen LogP) is 3.06. The molecule has 29 heavy (non-hydrogen) atoms. The van der Waals surface area contributed by atoms with Crippen molar-refractivity contribution in [2.45, 2.75) is 30.8 Å². The lowest BCUT2D eigenvalue weighted by atomic mass is 10.1. The SMILES string of the molecule is COc1ccc(NS(=O)(=O)c2cc(C(=O)N(C)CC3CCCO3)ccc2C)cc1. The molecule has 0 radical (unpaired) electrons. The fraction of sp³-hybridized carbons (Fsp3) is 0.381. The normalized spacial score (nSPS) is 16.4. The number of methoxy groups -OCH3 is 1. The van der Waals surface area contributed by atoms with E-state index in [-0.39, 0.29) is 16.9 Å². The monoisotopic (exact) mass is 418 g/mol. The van der Waals surface area contributed by atoms with Gasteiger partial charge in [-0.05, 0) is 61.7 Å². The molecule has 1 unspecified atom stereocenters. The van der Waals surface area contributed by atoms with E-state index in [2.05, 4.69) is 4.72 Å². The van der Waals surface area contributed by atoms with E-state index in [1.165, 1.54) is 6.07 Å². The van der Waals surface area contributed by atoms with Gasteiger partial charge in [0, 0.05) is 31.5 Å². The van der Waals surface area contributed by atoms with Gasteiger partial charge in [0.05, 0.1) is 18.1 Å². The first-order chi connectivity index (χ1) is 13.8. The van der Waals surface area contributed by atoms with Crippen LogP contribution in [-0.2, 0) is 14.8 Å². The lowest BCUT2D eigenvalue weighted by Crippen LogP contribution is -2.34. The summed E-state index contributed by atoms with van der Waals surface area (Å²) in [5.41, 5.74) is 1.30. The Morgan fingerprint density at radius 1 is 1.24 bits per heavy atom. The van der Waals surface area contributed by atoms with E-state index in [0.717, 1.165) is 19.4 Å². The van der Waals surface area contributed by atoms with Gasteiger partial charge in [0.15, 0.2) is 0 Å². The molecule has 0 saturated carbocycles. The second-order valence-electron chi connectivity index (χ2n) is 7.13. The third-order valence-corrected chi connectivity index (χ3v) is 6.44. The van der Waals surface area contributed by atoms with Gasteiger partial charge in [-0.2, -0.15) is 0 Å². The van der Waals surface area contributed by atoms with Crippen LogP contribution in [0.3, 0.4) is 0 Å². The number of nitrogens with one attached hydrogen (secondary N) is 1. The zero-order chi connectivity index (χ0) is 21.0. The van der Waals surface area contributed by atoms with Gasteiger partial charge >= 0.3 is 0 Å². The molecule has 1 aliphatic rings. The number of aryl methyl sites for hydroxylation is 1. The minimum absolute atomic E-state index is 0.0364. The van der Waals surface area contributed by atoms with Gasteiger partial charge in [-0.3, -0.25) is 9.52 Å². The Balaban J connectivity index is 1.80. The predicted molar refractivity (Wildman–Crippen MR) is 111 cm³/mol. The van der Waals surface area contributed by atoms with Crippen LogP contribution in [0.2, 0.25) is 0 Å². The average Bonchev–Trinajstić information content (AvgIpc) is 3.21. The molecule has 1 aliphatic heterocycles. The minimum Gasteiger partial charge on any atom is -0.497 e. The first-order valence-electron chi connectivity index (χ1n) is 9.45. The summed E-state index contributed by atoms with van der Waals surface area (Å²) in [7, 11) is -0.609. The molecule has 1 heterocycles. The first kappa shape index (κ1) is 21.1. The highest BCUT2D eigenvalue weighted by Gasteiger charge is 2.23. The lowest BCUT2D eigenvalue weighted by Gasteiger charge is -2.21. The Morgan fingerprint density at radius 3 is 2.59 bits per heavy atom. The van der Waals surface area contributed by atoms with Crippen molar-refractivity contribution in [1.29, 1.82) is 0 Å². The number of hydrogen-bond donors (Lipinski definition) is 1. The van der Waals surface area contributed by atoms with Crippen LogP contribution in [-0.4, -0.2) is 52.6 Å². The molecule has 0 bridgehead atoms. The van der Waals surface area contributed by atoms with Crippen molar-refractivity contribution in [3.8, 4) is 5.75 Å². The number of sulfonamides is 1. The molecule has 2 aromatic rings. The van der Waals surface area contributed by atoms with E-state index in [1.54, 1.807) is 62.4 Å². The van der Waals surface area contributed by atoms with Gasteiger partial charge in [-0.1, -0.05) is 6.07 Å². The van der Waals surface area contributed by atoms with Gasteiger partial charge < -0.3 is 14.4 Å². The summed E-state index contributed by atoms with van der Waals surface area (Å²) in [6.07, 6.45) is 1.96. The number of carbonyl (C=O) groups excluding carboxylic acids is 1. The Bertz CT molecular complexity index is 967. The van der Waals surface area contributed by atoms with Gasteiger partial charge in [-0.15, -0.1) is 0 Å². The van der Waals surface area contributed by atoms with Gasteiger partial charge in [0.2, 0.25) is 0 Å². The lowest BCUT2D eigenvalue weighted by molar-refractivity contribution is 0.0587. The van der Waals surface area contributed by atoms with Crippen molar-refractivity contribution in [3.05, 3.63) is 53.6 Å². The number of rotatable bonds is 7. The van der Waals surface area contributed by atoms with Crippen molar-refractivity contribution >= 4 is 21.6 Å². The second kappa shape index (κ2) is 8.84. The Kier molecular flexibility index (Phi) is 6.44. The van der Waals surface area contributed by atoms with Crippen molar-refractivity contribution in [3.63, 3.8) is 0 Å². The number of nitrogens with zero attached hydrogens (tertiary/aromatic N) is 1. The molecule has 8 heteroatoms. The summed E-state index contributed by atoms with van der Waals surface area (Å²) >= 11 is 0. The third-order valence-electron chi connectivity index (χ3n) is 4.92. The number of amides is 1. The zero-order valence-corrected chi connectivity index (χ0v) is 17.7. The molecule has 1 saturated heterocycles. The highest BCUT2D eigenvalue weighted by atomic mass is 32.2. The Morgan fingerprint density at radius 2 is 1.97 bits per heavy atom. The van der Waals surface area contributed by atoms with Crippen LogP contribution < -0.4 is 9.46 Å². The summed E-state index contributed by atoms with van der Waals surface area (Å²) in [6.45, 7) is 2.91. The maximum absolute atomic E-state index is 12.9. The van der Waals surface area contributed by atoms with Crippen molar-refractivity contribution in [2.24, 2.45) is 0 Å². The van der Waals surface area contributed by atoms with E-state index < -0.39 is 10.0 Å². The number of likely N-dealkylation sites (N-methyl/N-ethyl adjacent to an activating group) is 1. The van der Waals surface area contributed by atoms with Crippen LogP contribution >= 0.6 is 0 Å². The smallest absolute Gasteiger partial charge is 0.262 e. The number of ether oxygens (including phenoxy) is 2. The average molecular weight is 419 g/mol. The number of carbonyl (C=O) groups is 1. The van der Waals surface area contributed by atoms with E-state index in [9.17, 15) is 13.2 Å².